The van der Waals surface area contributed by atoms with Gasteiger partial charge in [0.1, 0.15) is 10.5 Å². The fraction of sp³-hybridized carbons (Fsp3) is 0.235. The van der Waals surface area contributed by atoms with Crippen LogP contribution in [0.25, 0.3) is 0 Å². The molecule has 0 saturated heterocycles. The smallest absolute Gasteiger partial charge is 0.255 e. The largest absolute Gasteiger partial charge is 0.506 e. The van der Waals surface area contributed by atoms with Gasteiger partial charge in [-0.1, -0.05) is 0 Å². The van der Waals surface area contributed by atoms with E-state index < -0.39 is 26.4 Å². The average Bonchev–Trinajstić information content (AvgIpc) is 2.57. The van der Waals surface area contributed by atoms with E-state index in [4.69, 9.17) is 0 Å². The first-order valence-corrected chi connectivity index (χ1v) is 9.47. The number of rotatable bonds is 5. The van der Waals surface area contributed by atoms with Gasteiger partial charge in [0.15, 0.2) is 9.84 Å². The van der Waals surface area contributed by atoms with Gasteiger partial charge >= 0.3 is 0 Å². The Hall–Kier alpha value is -2.94. The zero-order valence-electron chi connectivity index (χ0n) is 14.5. The first-order valence-electron chi connectivity index (χ1n) is 7.58. The number of benzene rings is 1. The maximum absolute atomic E-state index is 12.2. The lowest BCUT2D eigenvalue weighted by Gasteiger charge is -2.21. The third-order valence-corrected chi connectivity index (χ3v) is 5.96. The van der Waals surface area contributed by atoms with Gasteiger partial charge in [-0.2, -0.15) is 0 Å². The lowest BCUT2D eigenvalue weighted by Crippen LogP contribution is -2.43. The zero-order chi connectivity index (χ0) is 19.5. The molecule has 3 N–H and O–H groups in total. The number of amides is 2. The van der Waals surface area contributed by atoms with Gasteiger partial charge in [-0.15, -0.1) is 0 Å². The van der Waals surface area contributed by atoms with Crippen molar-refractivity contribution in [2.75, 3.05) is 16.9 Å². The fourth-order valence-corrected chi connectivity index (χ4v) is 2.25. The summed E-state index contributed by atoms with van der Waals surface area (Å²) in [5.74, 6) is -1.44. The van der Waals surface area contributed by atoms with E-state index in [2.05, 4.69) is 15.6 Å². The van der Waals surface area contributed by atoms with Gasteiger partial charge in [0.25, 0.3) is 5.91 Å². The highest BCUT2D eigenvalue weighted by Crippen LogP contribution is 2.28. The fourth-order valence-electron chi connectivity index (χ4n) is 1.86. The quantitative estimate of drug-likeness (QED) is 0.682. The standard InChI is InChI=1S/C17H19N3O5S/c1-17(2,26(3,24)25)16(23)19-12-4-5-13(14(21)10-12)20-15(22)11-6-8-18-9-7-11/h4-10,21H,1-3H3,(H,19,23)(H,20,22). The van der Waals surface area contributed by atoms with Crippen LogP contribution in [0.3, 0.4) is 0 Å². The Bertz CT molecular complexity index is 940. The molecule has 1 aromatic heterocycles. The van der Waals surface area contributed by atoms with Crippen molar-refractivity contribution >= 4 is 33.0 Å². The van der Waals surface area contributed by atoms with E-state index in [1.54, 1.807) is 0 Å². The number of hydrogen-bond donors (Lipinski definition) is 3. The molecule has 9 heteroatoms. The number of phenolic OH excluding ortho intramolecular Hbond substituents is 1. The predicted molar refractivity (Wildman–Crippen MR) is 97.8 cm³/mol. The number of anilines is 2. The zero-order valence-corrected chi connectivity index (χ0v) is 15.3. The van der Waals surface area contributed by atoms with Crippen LogP contribution >= 0.6 is 0 Å². The third kappa shape index (κ3) is 4.17. The van der Waals surface area contributed by atoms with Crippen molar-refractivity contribution < 1.29 is 23.1 Å². The van der Waals surface area contributed by atoms with Crippen molar-refractivity contribution in [3.05, 3.63) is 48.3 Å². The first kappa shape index (κ1) is 19.4. The number of sulfone groups is 1. The van der Waals surface area contributed by atoms with E-state index in [9.17, 15) is 23.1 Å². The molecule has 0 aliphatic heterocycles. The second-order valence-electron chi connectivity index (χ2n) is 6.16. The summed E-state index contributed by atoms with van der Waals surface area (Å²) in [5, 5.41) is 15.0. The van der Waals surface area contributed by atoms with Crippen LogP contribution in [0.15, 0.2) is 42.7 Å². The summed E-state index contributed by atoms with van der Waals surface area (Å²) >= 11 is 0. The Labute approximate surface area is 151 Å². The van der Waals surface area contributed by atoms with Crippen LogP contribution in [0.4, 0.5) is 11.4 Å². The van der Waals surface area contributed by atoms with Crippen LogP contribution in [-0.2, 0) is 14.6 Å². The number of carbonyl (C=O) groups excluding carboxylic acids is 2. The topological polar surface area (TPSA) is 125 Å². The van der Waals surface area contributed by atoms with E-state index in [0.29, 0.717) is 5.56 Å². The molecule has 26 heavy (non-hydrogen) atoms. The van der Waals surface area contributed by atoms with E-state index in [1.165, 1.54) is 56.6 Å². The number of aromatic hydroxyl groups is 1. The van der Waals surface area contributed by atoms with Crippen molar-refractivity contribution in [1.29, 1.82) is 0 Å². The van der Waals surface area contributed by atoms with Crippen molar-refractivity contribution in [1.82, 2.24) is 4.98 Å². The highest BCUT2D eigenvalue weighted by molar-refractivity contribution is 7.92. The van der Waals surface area contributed by atoms with E-state index >= 15 is 0 Å². The summed E-state index contributed by atoms with van der Waals surface area (Å²) < 4.78 is 21.8. The maximum Gasteiger partial charge on any atom is 0.255 e. The van der Waals surface area contributed by atoms with Gasteiger partial charge in [-0.25, -0.2) is 8.42 Å². The minimum absolute atomic E-state index is 0.146. The van der Waals surface area contributed by atoms with Gasteiger partial charge in [0, 0.05) is 36.0 Å². The molecule has 2 amide bonds. The van der Waals surface area contributed by atoms with Crippen LogP contribution < -0.4 is 10.6 Å². The molecule has 0 saturated carbocycles. The molecule has 1 heterocycles. The number of phenols is 1. The molecular formula is C17H19N3O5S. The molecule has 0 aliphatic carbocycles. The highest BCUT2D eigenvalue weighted by atomic mass is 32.2. The minimum Gasteiger partial charge on any atom is -0.506 e. The van der Waals surface area contributed by atoms with Crippen LogP contribution in [0, 0.1) is 0 Å². The van der Waals surface area contributed by atoms with Crippen molar-refractivity contribution in [3.8, 4) is 5.75 Å². The lowest BCUT2D eigenvalue weighted by atomic mass is 10.1. The summed E-state index contributed by atoms with van der Waals surface area (Å²) in [7, 11) is -3.62. The molecule has 0 aliphatic rings. The molecule has 8 nitrogen and oxygen atoms in total. The Balaban J connectivity index is 2.15. The number of hydrogen-bond acceptors (Lipinski definition) is 6. The highest BCUT2D eigenvalue weighted by Gasteiger charge is 2.38. The normalized spacial score (nSPS) is 11.7. The molecular weight excluding hydrogens is 358 g/mol. The average molecular weight is 377 g/mol. The number of nitrogens with zero attached hydrogens (tertiary/aromatic N) is 1. The second-order valence-corrected chi connectivity index (χ2v) is 8.72. The van der Waals surface area contributed by atoms with Crippen LogP contribution in [-0.4, -0.2) is 41.3 Å². The van der Waals surface area contributed by atoms with Crippen molar-refractivity contribution in [3.63, 3.8) is 0 Å². The monoisotopic (exact) mass is 377 g/mol. The van der Waals surface area contributed by atoms with Crippen LogP contribution in [0.2, 0.25) is 0 Å². The minimum atomic E-state index is -3.62. The molecule has 0 radical (unpaired) electrons. The van der Waals surface area contributed by atoms with Gasteiger partial charge in [-0.05, 0) is 38.1 Å². The van der Waals surface area contributed by atoms with Crippen LogP contribution in [0.5, 0.6) is 5.75 Å². The molecule has 0 atom stereocenters. The molecule has 2 rings (SSSR count). The molecule has 0 unspecified atom stereocenters. The van der Waals surface area contributed by atoms with Gasteiger partial charge < -0.3 is 15.7 Å². The number of pyridine rings is 1. The van der Waals surface area contributed by atoms with E-state index in [1.807, 2.05) is 0 Å². The maximum atomic E-state index is 12.2. The number of aromatic nitrogens is 1. The Morgan fingerprint density at radius 1 is 1.08 bits per heavy atom. The Morgan fingerprint density at radius 3 is 2.23 bits per heavy atom. The summed E-state index contributed by atoms with van der Waals surface area (Å²) in [6.07, 6.45) is 3.91. The van der Waals surface area contributed by atoms with Gasteiger partial charge in [-0.3, -0.25) is 14.6 Å². The number of nitrogens with one attached hydrogen (secondary N) is 2. The number of carbonyl (C=O) groups is 2. The predicted octanol–water partition coefficient (Wildman–Crippen LogP) is 1.80. The molecule has 0 fully saturated rings. The second kappa shape index (κ2) is 7.12. The van der Waals surface area contributed by atoms with Crippen LogP contribution in [0.1, 0.15) is 24.2 Å². The Kier molecular flexibility index (Phi) is 5.31. The summed E-state index contributed by atoms with van der Waals surface area (Å²) in [6.45, 7) is 2.58. The van der Waals surface area contributed by atoms with Gasteiger partial charge in [0.2, 0.25) is 5.91 Å². The lowest BCUT2D eigenvalue weighted by molar-refractivity contribution is -0.117. The third-order valence-electron chi connectivity index (χ3n) is 3.92. The summed E-state index contributed by atoms with van der Waals surface area (Å²) in [5.41, 5.74) is 0.713. The first-order chi connectivity index (χ1) is 12.0. The summed E-state index contributed by atoms with van der Waals surface area (Å²) in [6, 6.07) is 7.11. The van der Waals surface area contributed by atoms with Gasteiger partial charge in [0.05, 0.1) is 5.69 Å². The molecule has 138 valence electrons. The van der Waals surface area contributed by atoms with Crippen molar-refractivity contribution in [2.24, 2.45) is 0 Å². The molecule has 0 bridgehead atoms. The SMILES string of the molecule is CC(C)(C(=O)Nc1ccc(NC(=O)c2ccncc2)c(O)c1)S(C)(=O)=O. The van der Waals surface area contributed by atoms with E-state index in [0.717, 1.165) is 6.26 Å². The molecule has 0 spiro atoms. The van der Waals surface area contributed by atoms with E-state index in [-0.39, 0.29) is 17.1 Å². The van der Waals surface area contributed by atoms with Crippen molar-refractivity contribution in [2.45, 2.75) is 18.6 Å². The Morgan fingerprint density at radius 2 is 1.69 bits per heavy atom. The summed E-state index contributed by atoms with van der Waals surface area (Å²) in [4.78, 5) is 28.1. The molecule has 2 aromatic rings. The molecule has 1 aromatic carbocycles.